The fourth-order valence-corrected chi connectivity index (χ4v) is 3.78. The van der Waals surface area contributed by atoms with Crippen molar-refractivity contribution >= 4 is 34.8 Å². The lowest BCUT2D eigenvalue weighted by atomic mass is 10.1. The SMILES string of the molecule is CCCOc1cccc(C(=O)Nc2cccc(Cl)c2N2CCN(C(=O)CC)CC2)c1. The molecular formula is C23H28ClN3O3. The van der Waals surface area contributed by atoms with Crippen LogP contribution in [0.3, 0.4) is 0 Å². The number of anilines is 2. The van der Waals surface area contributed by atoms with Gasteiger partial charge < -0.3 is 19.9 Å². The van der Waals surface area contributed by atoms with Crippen molar-refractivity contribution in [2.24, 2.45) is 0 Å². The molecule has 0 aliphatic carbocycles. The van der Waals surface area contributed by atoms with Crippen LogP contribution >= 0.6 is 11.6 Å². The van der Waals surface area contributed by atoms with Crippen LogP contribution in [-0.2, 0) is 4.79 Å². The predicted octanol–water partition coefficient (Wildman–Crippen LogP) is 4.44. The molecule has 1 aliphatic heterocycles. The molecule has 1 fully saturated rings. The molecule has 1 heterocycles. The molecule has 6 nitrogen and oxygen atoms in total. The van der Waals surface area contributed by atoms with E-state index in [9.17, 15) is 9.59 Å². The van der Waals surface area contributed by atoms with Crippen molar-refractivity contribution < 1.29 is 14.3 Å². The molecule has 2 aromatic rings. The van der Waals surface area contributed by atoms with E-state index in [1.807, 2.05) is 49.1 Å². The second-order valence-corrected chi connectivity index (χ2v) is 7.60. The maximum absolute atomic E-state index is 12.9. The minimum atomic E-state index is -0.222. The molecule has 1 saturated heterocycles. The highest BCUT2D eigenvalue weighted by Gasteiger charge is 2.24. The number of piperazine rings is 1. The van der Waals surface area contributed by atoms with Crippen molar-refractivity contribution in [1.29, 1.82) is 0 Å². The number of hydrogen-bond donors (Lipinski definition) is 1. The maximum atomic E-state index is 12.9. The van der Waals surface area contributed by atoms with Gasteiger partial charge in [-0.05, 0) is 36.8 Å². The van der Waals surface area contributed by atoms with E-state index in [1.165, 1.54) is 0 Å². The van der Waals surface area contributed by atoms with Crippen LogP contribution in [0.5, 0.6) is 5.75 Å². The minimum absolute atomic E-state index is 0.160. The Balaban J connectivity index is 1.75. The number of amides is 2. The number of ether oxygens (including phenoxy) is 1. The number of rotatable bonds is 7. The number of halogens is 1. The highest BCUT2D eigenvalue weighted by Crippen LogP contribution is 2.35. The number of carbonyl (C=O) groups excluding carboxylic acids is 2. The molecular weight excluding hydrogens is 402 g/mol. The summed E-state index contributed by atoms with van der Waals surface area (Å²) in [5, 5.41) is 3.56. The Labute approximate surface area is 182 Å². The van der Waals surface area contributed by atoms with E-state index in [1.54, 1.807) is 12.1 Å². The molecule has 0 radical (unpaired) electrons. The first-order valence-electron chi connectivity index (χ1n) is 10.4. The van der Waals surface area contributed by atoms with E-state index in [0.29, 0.717) is 61.2 Å². The van der Waals surface area contributed by atoms with Crippen LogP contribution in [0.25, 0.3) is 0 Å². The Bertz CT molecular complexity index is 895. The molecule has 1 N–H and O–H groups in total. The van der Waals surface area contributed by atoms with Gasteiger partial charge in [0.1, 0.15) is 5.75 Å². The van der Waals surface area contributed by atoms with Gasteiger partial charge in [-0.1, -0.05) is 37.6 Å². The molecule has 0 atom stereocenters. The van der Waals surface area contributed by atoms with E-state index >= 15 is 0 Å². The summed E-state index contributed by atoms with van der Waals surface area (Å²) < 4.78 is 5.63. The second kappa shape index (κ2) is 10.3. The molecule has 2 aromatic carbocycles. The van der Waals surface area contributed by atoms with Crippen molar-refractivity contribution in [2.45, 2.75) is 26.7 Å². The van der Waals surface area contributed by atoms with Gasteiger partial charge in [0.15, 0.2) is 0 Å². The number of benzene rings is 2. The molecule has 0 unspecified atom stereocenters. The summed E-state index contributed by atoms with van der Waals surface area (Å²) in [4.78, 5) is 28.8. The molecule has 7 heteroatoms. The molecule has 2 amide bonds. The highest BCUT2D eigenvalue weighted by molar-refractivity contribution is 6.34. The number of nitrogens with zero attached hydrogens (tertiary/aromatic N) is 2. The van der Waals surface area contributed by atoms with Gasteiger partial charge in [0.25, 0.3) is 5.91 Å². The van der Waals surface area contributed by atoms with Crippen LogP contribution in [0, 0.1) is 0 Å². The Morgan fingerprint density at radius 1 is 1.07 bits per heavy atom. The van der Waals surface area contributed by atoms with Gasteiger partial charge in [0, 0.05) is 38.2 Å². The summed E-state index contributed by atoms with van der Waals surface area (Å²) in [5.74, 6) is 0.611. The largest absolute Gasteiger partial charge is 0.494 e. The highest BCUT2D eigenvalue weighted by atomic mass is 35.5. The van der Waals surface area contributed by atoms with Crippen LogP contribution in [0.2, 0.25) is 5.02 Å². The number of nitrogens with one attached hydrogen (secondary N) is 1. The van der Waals surface area contributed by atoms with Crippen LogP contribution in [0.1, 0.15) is 37.0 Å². The average Bonchev–Trinajstić information content (AvgIpc) is 2.77. The smallest absolute Gasteiger partial charge is 0.255 e. The van der Waals surface area contributed by atoms with Gasteiger partial charge in [-0.15, -0.1) is 0 Å². The maximum Gasteiger partial charge on any atom is 0.255 e. The molecule has 0 aromatic heterocycles. The summed E-state index contributed by atoms with van der Waals surface area (Å²) in [6, 6.07) is 12.6. The van der Waals surface area contributed by atoms with E-state index in [2.05, 4.69) is 10.2 Å². The Morgan fingerprint density at radius 2 is 1.80 bits per heavy atom. The third kappa shape index (κ3) is 5.25. The zero-order chi connectivity index (χ0) is 21.5. The number of carbonyl (C=O) groups is 2. The second-order valence-electron chi connectivity index (χ2n) is 7.19. The molecule has 3 rings (SSSR count). The summed E-state index contributed by atoms with van der Waals surface area (Å²) in [5.41, 5.74) is 1.96. The molecule has 30 heavy (non-hydrogen) atoms. The fourth-order valence-electron chi connectivity index (χ4n) is 3.48. The normalized spacial score (nSPS) is 13.8. The fraction of sp³-hybridized carbons (Fsp3) is 0.391. The lowest BCUT2D eigenvalue weighted by molar-refractivity contribution is -0.131. The van der Waals surface area contributed by atoms with Crippen molar-refractivity contribution in [1.82, 2.24) is 4.90 Å². The van der Waals surface area contributed by atoms with Crippen molar-refractivity contribution in [3.63, 3.8) is 0 Å². The van der Waals surface area contributed by atoms with E-state index < -0.39 is 0 Å². The summed E-state index contributed by atoms with van der Waals surface area (Å²) in [7, 11) is 0. The van der Waals surface area contributed by atoms with Gasteiger partial charge in [0.05, 0.1) is 23.0 Å². The topological polar surface area (TPSA) is 61.9 Å². The monoisotopic (exact) mass is 429 g/mol. The summed E-state index contributed by atoms with van der Waals surface area (Å²) in [6.07, 6.45) is 1.41. The van der Waals surface area contributed by atoms with Crippen LogP contribution in [-0.4, -0.2) is 49.5 Å². The van der Waals surface area contributed by atoms with Crippen molar-refractivity contribution in [2.75, 3.05) is 43.0 Å². The van der Waals surface area contributed by atoms with Gasteiger partial charge >= 0.3 is 0 Å². The Kier molecular flexibility index (Phi) is 7.57. The van der Waals surface area contributed by atoms with E-state index in [0.717, 1.165) is 12.1 Å². The molecule has 1 aliphatic rings. The van der Waals surface area contributed by atoms with Crippen LogP contribution < -0.4 is 15.0 Å². The van der Waals surface area contributed by atoms with Gasteiger partial charge in [0.2, 0.25) is 5.91 Å². The molecule has 160 valence electrons. The molecule has 0 spiro atoms. The first-order chi connectivity index (χ1) is 14.5. The number of hydrogen-bond acceptors (Lipinski definition) is 4. The zero-order valence-electron chi connectivity index (χ0n) is 17.5. The number of para-hydroxylation sites is 1. The predicted molar refractivity (Wildman–Crippen MR) is 121 cm³/mol. The Morgan fingerprint density at radius 3 is 2.50 bits per heavy atom. The van der Waals surface area contributed by atoms with E-state index in [-0.39, 0.29) is 11.8 Å². The van der Waals surface area contributed by atoms with Gasteiger partial charge in [-0.3, -0.25) is 9.59 Å². The summed E-state index contributed by atoms with van der Waals surface area (Å²) >= 11 is 6.51. The lowest BCUT2D eigenvalue weighted by Gasteiger charge is -2.37. The minimum Gasteiger partial charge on any atom is -0.494 e. The third-order valence-corrected chi connectivity index (χ3v) is 5.36. The van der Waals surface area contributed by atoms with E-state index in [4.69, 9.17) is 16.3 Å². The standard InChI is InChI=1S/C23H28ClN3O3/c1-3-15-30-18-8-5-7-17(16-18)23(29)25-20-10-6-9-19(24)22(20)27-13-11-26(12-14-27)21(28)4-2/h5-10,16H,3-4,11-15H2,1-2H3,(H,25,29). The summed E-state index contributed by atoms with van der Waals surface area (Å²) in [6.45, 7) is 7.13. The molecule has 0 bridgehead atoms. The van der Waals surface area contributed by atoms with Crippen LogP contribution in [0.4, 0.5) is 11.4 Å². The van der Waals surface area contributed by atoms with Gasteiger partial charge in [-0.25, -0.2) is 0 Å². The van der Waals surface area contributed by atoms with Gasteiger partial charge in [-0.2, -0.15) is 0 Å². The first-order valence-corrected chi connectivity index (χ1v) is 10.8. The lowest BCUT2D eigenvalue weighted by Crippen LogP contribution is -2.48. The average molecular weight is 430 g/mol. The van der Waals surface area contributed by atoms with Crippen molar-refractivity contribution in [3.8, 4) is 5.75 Å². The van der Waals surface area contributed by atoms with Crippen molar-refractivity contribution in [3.05, 3.63) is 53.1 Å². The van der Waals surface area contributed by atoms with Crippen LogP contribution in [0.15, 0.2) is 42.5 Å². The third-order valence-electron chi connectivity index (χ3n) is 5.06. The first kappa shape index (κ1) is 22.0. The Hall–Kier alpha value is -2.73. The quantitative estimate of drug-likeness (QED) is 0.706. The molecule has 0 saturated carbocycles. The zero-order valence-corrected chi connectivity index (χ0v) is 18.2.